The van der Waals surface area contributed by atoms with E-state index in [2.05, 4.69) is 21.2 Å². The molecule has 0 saturated carbocycles. The molecule has 1 fully saturated rings. The van der Waals surface area contributed by atoms with Gasteiger partial charge in [0, 0.05) is 51.5 Å². The molecule has 4 aromatic rings. The first-order valence-electron chi connectivity index (χ1n) is 17.0. The molecule has 12 heteroatoms. The van der Waals surface area contributed by atoms with Crippen LogP contribution < -0.4 is 16.0 Å². The number of carbonyl (C=O) groups excluding carboxylic acids is 3. The van der Waals surface area contributed by atoms with Crippen molar-refractivity contribution in [2.75, 3.05) is 29.1 Å². The number of rotatable bonds is 11. The van der Waals surface area contributed by atoms with E-state index in [9.17, 15) is 24.3 Å². The first kappa shape index (κ1) is 36.5. The maximum Gasteiger partial charge on any atom is 0.264 e. The lowest BCUT2D eigenvalue weighted by Crippen LogP contribution is -2.46. The molecule has 0 unspecified atom stereocenters. The van der Waals surface area contributed by atoms with Gasteiger partial charge in [0.25, 0.3) is 11.8 Å². The monoisotopic (exact) mass is 770 g/mol. The summed E-state index contributed by atoms with van der Waals surface area (Å²) in [5.74, 6) is -1.17. The van der Waals surface area contributed by atoms with Crippen molar-refractivity contribution in [3.63, 3.8) is 0 Å². The third-order valence-electron chi connectivity index (χ3n) is 9.99. The van der Waals surface area contributed by atoms with Crippen LogP contribution in [0.5, 0.6) is 0 Å². The summed E-state index contributed by atoms with van der Waals surface area (Å²) in [6.45, 7) is 6.13. The van der Waals surface area contributed by atoms with Gasteiger partial charge in [-0.3, -0.25) is 14.4 Å². The van der Waals surface area contributed by atoms with Gasteiger partial charge in [-0.05, 0) is 78.8 Å². The van der Waals surface area contributed by atoms with Crippen LogP contribution in [0.15, 0.2) is 102 Å². The molecule has 2 aliphatic heterocycles. The molecule has 2 aliphatic rings. The first-order chi connectivity index (χ1) is 24.3. The van der Waals surface area contributed by atoms with E-state index in [-0.39, 0.29) is 43.8 Å². The predicted molar refractivity (Wildman–Crippen MR) is 203 cm³/mol. The molecule has 0 aliphatic carbocycles. The molecule has 1 saturated heterocycles. The molecule has 4 atom stereocenters. The summed E-state index contributed by atoms with van der Waals surface area (Å²) < 4.78 is 7.66. The quantitative estimate of drug-likeness (QED) is 0.108. The summed E-state index contributed by atoms with van der Waals surface area (Å²) in [5, 5.41) is 12.7. The van der Waals surface area contributed by atoms with Crippen LogP contribution in [0.3, 0.4) is 0 Å². The fourth-order valence-electron chi connectivity index (χ4n) is 7.64. The highest BCUT2D eigenvalue weighted by Gasteiger charge is 2.66. The van der Waals surface area contributed by atoms with Crippen LogP contribution in [0.25, 0.3) is 0 Å². The van der Waals surface area contributed by atoms with Gasteiger partial charge in [-0.25, -0.2) is 0 Å². The molecule has 2 heterocycles. The number of aliphatic hydroxyl groups is 1. The molecule has 51 heavy (non-hydrogen) atoms. The first-order valence-corrected chi connectivity index (χ1v) is 20.8. The van der Waals surface area contributed by atoms with Crippen molar-refractivity contribution in [1.29, 1.82) is 0 Å². The van der Waals surface area contributed by atoms with Gasteiger partial charge in [0.1, 0.15) is 0 Å². The molecule has 0 aromatic heterocycles. The average Bonchev–Trinajstić information content (AvgIpc) is 3.51. The van der Waals surface area contributed by atoms with Crippen molar-refractivity contribution >= 4 is 59.0 Å². The van der Waals surface area contributed by atoms with Crippen molar-refractivity contribution in [1.82, 2.24) is 4.90 Å². The number of nitrogens with one attached hydrogen (secondary N) is 1. The summed E-state index contributed by atoms with van der Waals surface area (Å²) in [4.78, 5) is 56.4. The number of hydrogen-bond donors (Lipinski definition) is 4. The minimum absolute atomic E-state index is 0.0409. The van der Waals surface area contributed by atoms with E-state index in [1.165, 1.54) is 0 Å². The molecule has 5 N–H and O–H groups in total. The molecule has 6 rings (SSSR count). The normalized spacial score (nSPS) is 21.2. The molecule has 0 radical (unpaired) electrons. The van der Waals surface area contributed by atoms with Gasteiger partial charge in [0.2, 0.25) is 5.91 Å². The van der Waals surface area contributed by atoms with Gasteiger partial charge in [-0.15, -0.1) is 0 Å². The van der Waals surface area contributed by atoms with Gasteiger partial charge in [-0.1, -0.05) is 65.3 Å². The topological polar surface area (TPSA) is 145 Å². The maximum absolute atomic E-state index is 14.8. The lowest BCUT2D eigenvalue weighted by Gasteiger charge is -2.32. The fourth-order valence-corrected chi connectivity index (χ4v) is 10.6. The number of nitrogens with zero attached hydrogens (tertiary/aromatic N) is 2. The number of anilines is 3. The van der Waals surface area contributed by atoms with Crippen molar-refractivity contribution < 1.29 is 29.0 Å². The van der Waals surface area contributed by atoms with Gasteiger partial charge in [0.05, 0.1) is 31.4 Å². The molecular weight excluding hydrogens is 728 g/mol. The Balaban J connectivity index is 1.26. The lowest BCUT2D eigenvalue weighted by atomic mass is 9.82. The zero-order valence-corrected chi connectivity index (χ0v) is 31.5. The fraction of sp³-hybridized carbons (Fsp3) is 0.308. The largest absolute Gasteiger partial charge is 0.432 e. The summed E-state index contributed by atoms with van der Waals surface area (Å²) in [6.07, 6.45) is -0.767. The zero-order valence-electron chi connectivity index (χ0n) is 28.9. The Kier molecular flexibility index (Phi) is 10.5. The second kappa shape index (κ2) is 14.7. The summed E-state index contributed by atoms with van der Waals surface area (Å²) in [5.41, 5.74) is 8.72. The van der Waals surface area contributed by atoms with Crippen LogP contribution >= 0.6 is 15.9 Å². The molecule has 1 spiro atoms. The Bertz CT molecular complexity index is 1900. The lowest BCUT2D eigenvalue weighted by molar-refractivity contribution is -0.150. The number of amides is 3. The van der Waals surface area contributed by atoms with E-state index in [4.69, 9.17) is 10.5 Å². The smallest absolute Gasteiger partial charge is 0.264 e. The van der Waals surface area contributed by atoms with Crippen LogP contribution in [0.1, 0.15) is 40.4 Å². The third kappa shape index (κ3) is 7.37. The molecule has 266 valence electrons. The second-order valence-electron chi connectivity index (χ2n) is 13.9. The van der Waals surface area contributed by atoms with Crippen LogP contribution in [-0.2, 0) is 33.0 Å². The molecular formula is C39H43BrN4O6Si. The van der Waals surface area contributed by atoms with E-state index < -0.39 is 31.5 Å². The summed E-state index contributed by atoms with van der Waals surface area (Å²) in [6, 6.07) is 29.2. The average molecular weight is 772 g/mol. The Labute approximate surface area is 307 Å². The van der Waals surface area contributed by atoms with Crippen LogP contribution in [0.4, 0.5) is 17.1 Å². The number of carbonyl (C=O) groups is 3. The number of fused-ring (bicyclic) bond motifs is 2. The predicted octanol–water partition coefficient (Wildman–Crippen LogP) is 6.04. The molecule has 10 nitrogen and oxygen atoms in total. The number of nitrogen functional groups attached to an aromatic ring is 1. The van der Waals surface area contributed by atoms with E-state index >= 15 is 0 Å². The molecule has 4 aromatic carbocycles. The van der Waals surface area contributed by atoms with E-state index in [1.807, 2.05) is 80.7 Å². The Hall–Kier alpha value is -4.33. The summed E-state index contributed by atoms with van der Waals surface area (Å²) in [7, 11) is -3.01. The van der Waals surface area contributed by atoms with Crippen LogP contribution in [0.2, 0.25) is 18.6 Å². The number of aliphatic hydroxyl groups excluding tert-OH is 1. The Morgan fingerprint density at radius 1 is 1.00 bits per heavy atom. The highest BCUT2D eigenvalue weighted by atomic mass is 79.9. The Morgan fingerprint density at radius 3 is 2.33 bits per heavy atom. The van der Waals surface area contributed by atoms with Gasteiger partial charge in [0.15, 0.2) is 13.9 Å². The number of halogens is 1. The van der Waals surface area contributed by atoms with Crippen LogP contribution in [0, 0.1) is 5.92 Å². The number of ether oxygens (including phenoxy) is 1. The van der Waals surface area contributed by atoms with Crippen LogP contribution in [-0.4, -0.2) is 60.1 Å². The number of hydrogen-bond acceptors (Lipinski definition) is 7. The molecule has 0 bridgehead atoms. The van der Waals surface area contributed by atoms with Crippen molar-refractivity contribution in [3.8, 4) is 0 Å². The second-order valence-corrected chi connectivity index (χ2v) is 18.8. The zero-order chi connectivity index (χ0) is 36.5. The third-order valence-corrected chi connectivity index (χ3v) is 13.0. The minimum atomic E-state index is -3.01. The summed E-state index contributed by atoms with van der Waals surface area (Å²) >= 11 is 3.60. The highest BCUT2D eigenvalue weighted by Crippen LogP contribution is 2.60. The van der Waals surface area contributed by atoms with Crippen molar-refractivity contribution in [2.24, 2.45) is 5.92 Å². The van der Waals surface area contributed by atoms with E-state index in [1.54, 1.807) is 46.2 Å². The molecule has 3 amide bonds. The van der Waals surface area contributed by atoms with Gasteiger partial charge >= 0.3 is 0 Å². The highest BCUT2D eigenvalue weighted by molar-refractivity contribution is 9.10. The van der Waals surface area contributed by atoms with E-state index in [0.717, 1.165) is 15.6 Å². The van der Waals surface area contributed by atoms with Crippen molar-refractivity contribution in [2.45, 2.75) is 56.8 Å². The van der Waals surface area contributed by atoms with E-state index in [0.29, 0.717) is 34.7 Å². The van der Waals surface area contributed by atoms with Gasteiger partial charge in [-0.2, -0.15) is 0 Å². The minimum Gasteiger partial charge on any atom is -0.432 e. The SMILES string of the molecule is C[C@@H]1[C@@H]([Si](C)(C)O)[C@H](CC(=O)N(CCO)Cc2ccccc2)O[C@@]12C(=O)N(Cc1ccc(NC(=O)c3ccc(N)cc3)cc1)c1ccc(Br)cc12. The standard InChI is InChI=1S/C39H43BrN4O6Si/c1-25-36(51(2,3)49)34(22-35(46)43(19-20-45)23-26-7-5-4-6-8-26)50-39(25)32-21-29(40)13-18-33(32)44(38(39)48)24-27-9-16-31(17-10-27)42-37(47)28-11-14-30(41)15-12-28/h4-18,21,25,34,36,45,49H,19-20,22-24,41H2,1-3H3,(H,42,47)/t25-,34+,36-,39+/m1/s1. The maximum atomic E-state index is 14.8. The Morgan fingerprint density at radius 2 is 1.69 bits per heavy atom. The van der Waals surface area contributed by atoms with Crippen molar-refractivity contribution in [3.05, 3.63) is 124 Å². The number of nitrogens with two attached hydrogens (primary N) is 1. The van der Waals surface area contributed by atoms with Gasteiger partial charge < -0.3 is 35.5 Å². The number of benzene rings is 4.